The van der Waals surface area contributed by atoms with Crippen LogP contribution < -0.4 is 4.74 Å². The molecule has 2 nitrogen and oxygen atoms in total. The number of hydrogen-bond donors (Lipinski definition) is 1. The molecule has 0 spiro atoms. The van der Waals surface area contributed by atoms with Gasteiger partial charge in [0.05, 0.1) is 17.2 Å². The lowest BCUT2D eigenvalue weighted by molar-refractivity contribution is 0.0553. The molecular weight excluding hydrogens is 212 g/mol. The van der Waals surface area contributed by atoms with Crippen LogP contribution in [0.3, 0.4) is 0 Å². The van der Waals surface area contributed by atoms with Gasteiger partial charge in [-0.25, -0.2) is 0 Å². The van der Waals surface area contributed by atoms with Crippen molar-refractivity contribution >= 4 is 11.6 Å². The maximum atomic E-state index is 9.50. The highest BCUT2D eigenvalue weighted by atomic mass is 35.5. The second-order valence-electron chi connectivity index (χ2n) is 4.34. The third kappa shape index (κ3) is 4.54. The Hall–Kier alpha value is -0.730. The topological polar surface area (TPSA) is 29.5 Å². The zero-order chi connectivity index (χ0) is 11.5. The van der Waals surface area contributed by atoms with Crippen molar-refractivity contribution in [1.29, 1.82) is 0 Å². The highest BCUT2D eigenvalue weighted by Gasteiger charge is 2.12. The van der Waals surface area contributed by atoms with Gasteiger partial charge in [-0.15, -0.1) is 0 Å². The van der Waals surface area contributed by atoms with E-state index in [1.807, 2.05) is 25.1 Å². The van der Waals surface area contributed by atoms with Gasteiger partial charge in [0.25, 0.3) is 0 Å². The lowest BCUT2D eigenvalue weighted by Crippen LogP contribution is -2.21. The summed E-state index contributed by atoms with van der Waals surface area (Å²) in [5.41, 5.74) is 0.409. The smallest absolute Gasteiger partial charge is 0.137 e. The second kappa shape index (κ2) is 4.86. The number of aryl methyl sites for hydroxylation is 1. The normalized spacial score (nSPS) is 11.5. The fraction of sp³-hybridized carbons (Fsp3) is 0.500. The molecule has 0 fully saturated rings. The van der Waals surface area contributed by atoms with E-state index in [0.717, 1.165) is 5.56 Å². The van der Waals surface area contributed by atoms with Crippen LogP contribution in [0.1, 0.15) is 25.8 Å². The Morgan fingerprint density at radius 2 is 2.07 bits per heavy atom. The van der Waals surface area contributed by atoms with Crippen molar-refractivity contribution in [3.05, 3.63) is 28.8 Å². The molecule has 0 aliphatic heterocycles. The van der Waals surface area contributed by atoms with Gasteiger partial charge in [0.15, 0.2) is 0 Å². The molecule has 0 bridgehead atoms. The number of halogens is 1. The van der Waals surface area contributed by atoms with E-state index in [-0.39, 0.29) is 0 Å². The van der Waals surface area contributed by atoms with E-state index in [1.54, 1.807) is 13.8 Å². The first-order valence-corrected chi connectivity index (χ1v) is 5.37. The first-order valence-electron chi connectivity index (χ1n) is 5.00. The Kier molecular flexibility index (Phi) is 4.00. The van der Waals surface area contributed by atoms with Crippen LogP contribution in [0.5, 0.6) is 5.75 Å². The molecule has 1 aromatic carbocycles. The number of hydrogen-bond acceptors (Lipinski definition) is 2. The molecule has 0 radical (unpaired) electrons. The van der Waals surface area contributed by atoms with E-state index < -0.39 is 5.60 Å². The molecule has 0 atom stereocenters. The van der Waals surface area contributed by atoms with E-state index in [1.165, 1.54) is 0 Å². The molecular formula is C12H17ClO2. The van der Waals surface area contributed by atoms with Gasteiger partial charge >= 0.3 is 0 Å². The highest BCUT2D eigenvalue weighted by molar-refractivity contribution is 6.32. The van der Waals surface area contributed by atoms with Gasteiger partial charge in [0.1, 0.15) is 5.75 Å². The van der Waals surface area contributed by atoms with Gasteiger partial charge in [-0.05, 0) is 38.5 Å². The average Bonchev–Trinajstić information content (AvgIpc) is 2.07. The SMILES string of the molecule is Cc1ccc(OCCC(C)(C)O)c(Cl)c1. The summed E-state index contributed by atoms with van der Waals surface area (Å²) in [6.07, 6.45) is 0.581. The van der Waals surface area contributed by atoms with Gasteiger partial charge in [0, 0.05) is 6.42 Å². The van der Waals surface area contributed by atoms with Crippen LogP contribution in [0.25, 0.3) is 0 Å². The van der Waals surface area contributed by atoms with E-state index in [4.69, 9.17) is 16.3 Å². The van der Waals surface area contributed by atoms with Crippen molar-refractivity contribution in [2.45, 2.75) is 32.8 Å². The Labute approximate surface area is 95.8 Å². The molecule has 0 amide bonds. The number of benzene rings is 1. The summed E-state index contributed by atoms with van der Waals surface area (Å²) in [5, 5.41) is 10.1. The first kappa shape index (κ1) is 12.3. The minimum atomic E-state index is -0.697. The lowest BCUT2D eigenvalue weighted by Gasteiger charge is -2.17. The number of ether oxygens (including phenoxy) is 1. The molecule has 0 aromatic heterocycles. The van der Waals surface area contributed by atoms with Gasteiger partial charge in [-0.2, -0.15) is 0 Å². The van der Waals surface area contributed by atoms with Crippen LogP contribution in [0.15, 0.2) is 18.2 Å². The van der Waals surface area contributed by atoms with E-state index in [0.29, 0.717) is 23.8 Å². The fourth-order valence-corrected chi connectivity index (χ4v) is 1.42. The van der Waals surface area contributed by atoms with Crippen molar-refractivity contribution in [3.8, 4) is 5.75 Å². The third-order valence-corrected chi connectivity index (χ3v) is 2.35. The van der Waals surface area contributed by atoms with E-state index in [2.05, 4.69) is 0 Å². The summed E-state index contributed by atoms with van der Waals surface area (Å²) in [5.74, 6) is 0.673. The summed E-state index contributed by atoms with van der Waals surface area (Å²) in [6, 6.07) is 5.66. The predicted octanol–water partition coefficient (Wildman–Crippen LogP) is 3.19. The zero-order valence-electron chi connectivity index (χ0n) is 9.38. The summed E-state index contributed by atoms with van der Waals surface area (Å²) in [7, 11) is 0. The van der Waals surface area contributed by atoms with Crippen LogP contribution >= 0.6 is 11.6 Å². The van der Waals surface area contributed by atoms with E-state index >= 15 is 0 Å². The first-order chi connectivity index (χ1) is 6.88. The number of aliphatic hydroxyl groups is 1. The highest BCUT2D eigenvalue weighted by Crippen LogP contribution is 2.25. The molecule has 1 N–H and O–H groups in total. The molecule has 0 aliphatic rings. The molecule has 84 valence electrons. The predicted molar refractivity (Wildman–Crippen MR) is 62.6 cm³/mol. The quantitative estimate of drug-likeness (QED) is 0.858. The van der Waals surface area contributed by atoms with Gasteiger partial charge in [-0.1, -0.05) is 17.7 Å². The second-order valence-corrected chi connectivity index (χ2v) is 4.75. The van der Waals surface area contributed by atoms with Crippen molar-refractivity contribution in [3.63, 3.8) is 0 Å². The van der Waals surface area contributed by atoms with E-state index in [9.17, 15) is 5.11 Å². The maximum Gasteiger partial charge on any atom is 0.137 e. The Bertz CT molecular complexity index is 329. The molecule has 0 aliphatic carbocycles. The monoisotopic (exact) mass is 228 g/mol. The summed E-state index contributed by atoms with van der Waals surface area (Å²) >= 11 is 5.99. The van der Waals surface area contributed by atoms with Crippen molar-refractivity contribution in [2.75, 3.05) is 6.61 Å². The van der Waals surface area contributed by atoms with Crippen molar-refractivity contribution < 1.29 is 9.84 Å². The zero-order valence-corrected chi connectivity index (χ0v) is 10.1. The van der Waals surface area contributed by atoms with Gasteiger partial charge in [-0.3, -0.25) is 0 Å². The maximum absolute atomic E-state index is 9.50. The van der Waals surface area contributed by atoms with Crippen LogP contribution in [-0.2, 0) is 0 Å². The Morgan fingerprint density at radius 1 is 1.40 bits per heavy atom. The van der Waals surface area contributed by atoms with Crippen LogP contribution in [-0.4, -0.2) is 17.3 Å². The largest absolute Gasteiger partial charge is 0.492 e. The Morgan fingerprint density at radius 3 is 2.60 bits per heavy atom. The number of rotatable bonds is 4. The molecule has 15 heavy (non-hydrogen) atoms. The van der Waals surface area contributed by atoms with Gasteiger partial charge in [0.2, 0.25) is 0 Å². The lowest BCUT2D eigenvalue weighted by atomic mass is 10.1. The minimum absolute atomic E-state index is 0.465. The van der Waals surface area contributed by atoms with Gasteiger partial charge < -0.3 is 9.84 Å². The van der Waals surface area contributed by atoms with Crippen LogP contribution in [0, 0.1) is 6.92 Å². The standard InChI is InChI=1S/C12H17ClO2/c1-9-4-5-11(10(13)8-9)15-7-6-12(2,3)14/h4-5,8,14H,6-7H2,1-3H3. The molecule has 0 saturated heterocycles. The molecule has 0 saturated carbocycles. The molecule has 3 heteroatoms. The summed E-state index contributed by atoms with van der Waals surface area (Å²) in [4.78, 5) is 0. The van der Waals surface area contributed by atoms with Crippen LogP contribution in [0.4, 0.5) is 0 Å². The molecule has 1 aromatic rings. The molecule has 1 rings (SSSR count). The average molecular weight is 229 g/mol. The van der Waals surface area contributed by atoms with Crippen molar-refractivity contribution in [1.82, 2.24) is 0 Å². The fourth-order valence-electron chi connectivity index (χ4n) is 1.13. The minimum Gasteiger partial charge on any atom is -0.492 e. The molecule has 0 unspecified atom stereocenters. The third-order valence-electron chi connectivity index (χ3n) is 2.06. The summed E-state index contributed by atoms with van der Waals surface area (Å²) < 4.78 is 5.48. The van der Waals surface area contributed by atoms with Crippen molar-refractivity contribution in [2.24, 2.45) is 0 Å². The van der Waals surface area contributed by atoms with Crippen LogP contribution in [0.2, 0.25) is 5.02 Å². The Balaban J connectivity index is 2.51. The summed E-state index contributed by atoms with van der Waals surface area (Å²) in [6.45, 7) is 5.96. The molecule has 0 heterocycles.